The van der Waals surface area contributed by atoms with Crippen molar-refractivity contribution in [3.05, 3.63) is 71.0 Å². The summed E-state index contributed by atoms with van der Waals surface area (Å²) in [7, 11) is 0. The normalized spacial score (nSPS) is 17.7. The molecule has 4 aromatic rings. The van der Waals surface area contributed by atoms with E-state index in [0.29, 0.717) is 25.3 Å². The summed E-state index contributed by atoms with van der Waals surface area (Å²) in [6.07, 6.45) is 1.71. The molecule has 1 unspecified atom stereocenters. The molecule has 0 bridgehead atoms. The van der Waals surface area contributed by atoms with Crippen LogP contribution in [0.25, 0.3) is 21.8 Å². The van der Waals surface area contributed by atoms with Crippen LogP contribution >= 0.6 is 11.6 Å². The number of aromatic nitrogens is 2. The lowest BCUT2D eigenvalue weighted by Gasteiger charge is -2.39. The van der Waals surface area contributed by atoms with Gasteiger partial charge >= 0.3 is 0 Å². The summed E-state index contributed by atoms with van der Waals surface area (Å²) in [5, 5.41) is 2.75. The zero-order chi connectivity index (χ0) is 21.5. The van der Waals surface area contributed by atoms with Gasteiger partial charge in [-0.3, -0.25) is 14.7 Å². The van der Waals surface area contributed by atoms with Gasteiger partial charge in [0.25, 0.3) is 0 Å². The zero-order valence-corrected chi connectivity index (χ0v) is 18.1. The van der Waals surface area contributed by atoms with E-state index in [2.05, 4.69) is 20.9 Å². The first-order valence-corrected chi connectivity index (χ1v) is 10.8. The standard InChI is InChI=1S/C24H24ClN5O/c1-15-24(31)30(13-16-2-4-20-21(26)6-7-27-23(20)10-16)9-8-29(15)14-19-12-17-11-18(25)3-5-22(17)28-19/h2-7,10-12,15,28H,8-9,13-14H2,1H3,(H2,26,27). The molecule has 2 aromatic carbocycles. The van der Waals surface area contributed by atoms with Crippen molar-refractivity contribution in [2.45, 2.75) is 26.1 Å². The molecule has 3 heterocycles. The van der Waals surface area contributed by atoms with Crippen LogP contribution in [-0.2, 0) is 17.9 Å². The van der Waals surface area contributed by atoms with Crippen LogP contribution in [-0.4, -0.2) is 44.8 Å². The molecule has 2 aromatic heterocycles. The Labute approximate surface area is 185 Å². The number of hydrogen-bond donors (Lipinski definition) is 2. The largest absolute Gasteiger partial charge is 0.398 e. The molecule has 3 N–H and O–H groups in total. The third-order valence-corrected chi connectivity index (χ3v) is 6.34. The second-order valence-corrected chi connectivity index (χ2v) is 8.62. The molecular weight excluding hydrogens is 410 g/mol. The van der Waals surface area contributed by atoms with Crippen LogP contribution in [0.2, 0.25) is 5.02 Å². The highest BCUT2D eigenvalue weighted by molar-refractivity contribution is 6.31. The number of hydrogen-bond acceptors (Lipinski definition) is 4. The predicted octanol–water partition coefficient (Wildman–Crippen LogP) is 4.18. The predicted molar refractivity (Wildman–Crippen MR) is 125 cm³/mol. The van der Waals surface area contributed by atoms with Gasteiger partial charge < -0.3 is 15.6 Å². The molecule has 1 fully saturated rings. The molecule has 158 valence electrons. The van der Waals surface area contributed by atoms with Crippen LogP contribution in [0.15, 0.2) is 54.7 Å². The molecule has 0 saturated carbocycles. The van der Waals surface area contributed by atoms with Crippen molar-refractivity contribution < 1.29 is 4.79 Å². The van der Waals surface area contributed by atoms with Gasteiger partial charge in [0.2, 0.25) is 5.91 Å². The molecule has 0 aliphatic carbocycles. The topological polar surface area (TPSA) is 78.2 Å². The van der Waals surface area contributed by atoms with E-state index in [1.807, 2.05) is 48.2 Å². The number of nitrogens with one attached hydrogen (secondary N) is 1. The Bertz CT molecular complexity index is 1280. The highest BCUT2D eigenvalue weighted by Gasteiger charge is 2.31. The number of H-pyrrole nitrogens is 1. The molecule has 0 radical (unpaired) electrons. The monoisotopic (exact) mass is 433 g/mol. The van der Waals surface area contributed by atoms with Crippen molar-refractivity contribution in [3.8, 4) is 0 Å². The molecule has 5 rings (SSSR count). The molecule has 31 heavy (non-hydrogen) atoms. The number of carbonyl (C=O) groups excluding carboxylic acids is 1. The zero-order valence-electron chi connectivity index (χ0n) is 17.3. The molecule has 1 amide bonds. The number of nitrogens with two attached hydrogens (primary N) is 1. The maximum absolute atomic E-state index is 13.1. The van der Waals surface area contributed by atoms with E-state index in [-0.39, 0.29) is 11.9 Å². The SMILES string of the molecule is CC1C(=O)N(Cc2ccc3c(N)ccnc3c2)CCN1Cc1cc2cc(Cl)ccc2[nH]1. The number of nitrogens with zero attached hydrogens (tertiary/aromatic N) is 3. The van der Waals surface area contributed by atoms with Crippen molar-refractivity contribution in [1.82, 2.24) is 19.8 Å². The van der Waals surface area contributed by atoms with Crippen molar-refractivity contribution in [2.24, 2.45) is 0 Å². The molecule has 7 heteroatoms. The summed E-state index contributed by atoms with van der Waals surface area (Å²) >= 11 is 6.10. The van der Waals surface area contributed by atoms with Crippen LogP contribution in [0, 0.1) is 0 Å². The minimum Gasteiger partial charge on any atom is -0.398 e. The van der Waals surface area contributed by atoms with E-state index in [9.17, 15) is 4.79 Å². The molecule has 1 saturated heterocycles. The Morgan fingerprint density at radius 3 is 2.87 bits per heavy atom. The third-order valence-electron chi connectivity index (χ3n) is 6.10. The summed E-state index contributed by atoms with van der Waals surface area (Å²) in [4.78, 5) is 25.1. The summed E-state index contributed by atoms with van der Waals surface area (Å²) in [6.45, 7) is 4.77. The fraction of sp³-hybridized carbons (Fsp3) is 0.250. The maximum Gasteiger partial charge on any atom is 0.239 e. The number of aromatic amines is 1. The fourth-order valence-corrected chi connectivity index (χ4v) is 4.53. The second-order valence-electron chi connectivity index (χ2n) is 8.18. The Morgan fingerprint density at radius 2 is 2.00 bits per heavy atom. The minimum atomic E-state index is -0.182. The first kappa shape index (κ1) is 19.8. The number of rotatable bonds is 4. The number of halogens is 1. The Kier molecular flexibility index (Phi) is 5.04. The third kappa shape index (κ3) is 3.84. The number of nitrogen functional groups attached to an aromatic ring is 1. The van der Waals surface area contributed by atoms with Crippen molar-refractivity contribution in [1.29, 1.82) is 0 Å². The van der Waals surface area contributed by atoms with Crippen molar-refractivity contribution >= 4 is 45.0 Å². The smallest absolute Gasteiger partial charge is 0.239 e. The quantitative estimate of drug-likeness (QED) is 0.506. The number of benzene rings is 2. The summed E-state index contributed by atoms with van der Waals surface area (Å²) in [5.74, 6) is 0.144. The molecule has 1 aliphatic heterocycles. The van der Waals surface area contributed by atoms with Crippen LogP contribution in [0.1, 0.15) is 18.2 Å². The summed E-state index contributed by atoms with van der Waals surface area (Å²) in [6, 6.07) is 15.6. The van der Waals surface area contributed by atoms with Crippen molar-refractivity contribution in [2.75, 3.05) is 18.8 Å². The van der Waals surface area contributed by atoms with E-state index >= 15 is 0 Å². The second kappa shape index (κ2) is 7.87. The molecule has 1 aliphatic rings. The van der Waals surface area contributed by atoms with Gasteiger partial charge in [0.1, 0.15) is 0 Å². The summed E-state index contributed by atoms with van der Waals surface area (Å²) < 4.78 is 0. The lowest BCUT2D eigenvalue weighted by molar-refractivity contribution is -0.142. The average Bonchev–Trinajstić information content (AvgIpc) is 3.15. The highest BCUT2D eigenvalue weighted by atomic mass is 35.5. The Balaban J connectivity index is 1.28. The first-order valence-electron chi connectivity index (χ1n) is 10.4. The van der Waals surface area contributed by atoms with Gasteiger partial charge in [-0.25, -0.2) is 0 Å². The van der Waals surface area contributed by atoms with Gasteiger partial charge in [-0.2, -0.15) is 0 Å². The van der Waals surface area contributed by atoms with Crippen molar-refractivity contribution in [3.63, 3.8) is 0 Å². The van der Waals surface area contributed by atoms with Crippen LogP contribution in [0.4, 0.5) is 5.69 Å². The van der Waals surface area contributed by atoms with Gasteiger partial charge in [0.15, 0.2) is 0 Å². The van der Waals surface area contributed by atoms with E-state index < -0.39 is 0 Å². The molecule has 1 atom stereocenters. The van der Waals surface area contributed by atoms with Crippen LogP contribution < -0.4 is 5.73 Å². The molecule has 6 nitrogen and oxygen atoms in total. The number of amides is 1. The van der Waals surface area contributed by atoms with Gasteiger partial charge in [-0.15, -0.1) is 0 Å². The molecule has 0 spiro atoms. The van der Waals surface area contributed by atoms with Crippen LogP contribution in [0.3, 0.4) is 0 Å². The number of carbonyl (C=O) groups is 1. The summed E-state index contributed by atoms with van der Waals surface area (Å²) in [5.41, 5.74) is 10.8. The first-order chi connectivity index (χ1) is 15.0. The fourth-order valence-electron chi connectivity index (χ4n) is 4.35. The maximum atomic E-state index is 13.1. The minimum absolute atomic E-state index is 0.144. The number of anilines is 1. The van der Waals surface area contributed by atoms with E-state index in [0.717, 1.165) is 44.6 Å². The lowest BCUT2D eigenvalue weighted by Crippen LogP contribution is -2.54. The Hall–Kier alpha value is -3.09. The highest BCUT2D eigenvalue weighted by Crippen LogP contribution is 2.24. The van der Waals surface area contributed by atoms with Crippen LogP contribution in [0.5, 0.6) is 0 Å². The number of piperazine rings is 1. The average molecular weight is 434 g/mol. The van der Waals surface area contributed by atoms with E-state index in [1.54, 1.807) is 12.3 Å². The lowest BCUT2D eigenvalue weighted by atomic mass is 10.1. The number of pyridine rings is 1. The van der Waals surface area contributed by atoms with E-state index in [4.69, 9.17) is 17.3 Å². The van der Waals surface area contributed by atoms with Gasteiger partial charge in [-0.05, 0) is 48.9 Å². The molecular formula is C24H24ClN5O. The Morgan fingerprint density at radius 1 is 1.13 bits per heavy atom. The van der Waals surface area contributed by atoms with Gasteiger partial charge in [0, 0.05) is 65.1 Å². The van der Waals surface area contributed by atoms with Gasteiger partial charge in [-0.1, -0.05) is 23.7 Å². The van der Waals surface area contributed by atoms with E-state index in [1.165, 1.54) is 0 Å². The van der Waals surface area contributed by atoms with Gasteiger partial charge in [0.05, 0.1) is 11.6 Å². The number of fused-ring (bicyclic) bond motifs is 2.